The fraction of sp³-hybridized carbons (Fsp3) is 0.100. The largest absolute Gasteiger partial charge is 0.398 e. The number of nitrogens with zero attached hydrogens (tertiary/aromatic N) is 2. The van der Waals surface area contributed by atoms with Crippen LogP contribution in [0, 0.1) is 0 Å². The third-order valence-electron chi connectivity index (χ3n) is 3.72. The van der Waals surface area contributed by atoms with Crippen molar-refractivity contribution in [1.82, 2.24) is 9.78 Å². The van der Waals surface area contributed by atoms with Crippen molar-refractivity contribution in [3.05, 3.63) is 89.8 Å². The number of anilines is 1. The van der Waals surface area contributed by atoms with Gasteiger partial charge in [-0.15, -0.1) is 0 Å². The number of ketones is 1. The lowest BCUT2D eigenvalue weighted by atomic mass is 10.1. The zero-order chi connectivity index (χ0) is 16.8. The number of benzene rings is 2. The number of nitrogen functional groups attached to an aromatic ring is 1. The van der Waals surface area contributed by atoms with E-state index < -0.39 is 0 Å². The first-order chi connectivity index (χ1) is 11.7. The Morgan fingerprint density at radius 3 is 2.62 bits per heavy atom. The average molecular weight is 317 g/mol. The van der Waals surface area contributed by atoms with Crippen LogP contribution in [0.1, 0.15) is 16.7 Å². The number of rotatable bonds is 6. The van der Waals surface area contributed by atoms with Crippen molar-refractivity contribution < 1.29 is 4.79 Å². The van der Waals surface area contributed by atoms with E-state index in [1.165, 1.54) is 5.56 Å². The van der Waals surface area contributed by atoms with Crippen molar-refractivity contribution in [1.29, 1.82) is 0 Å². The van der Waals surface area contributed by atoms with Gasteiger partial charge >= 0.3 is 0 Å². The van der Waals surface area contributed by atoms with Crippen LogP contribution in [0.3, 0.4) is 0 Å². The molecule has 120 valence electrons. The summed E-state index contributed by atoms with van der Waals surface area (Å²) in [5, 5.41) is 4.32. The molecule has 1 heterocycles. The summed E-state index contributed by atoms with van der Waals surface area (Å²) in [5.74, 6) is 0.0173. The summed E-state index contributed by atoms with van der Waals surface area (Å²) in [4.78, 5) is 12.1. The van der Waals surface area contributed by atoms with Gasteiger partial charge in [-0.05, 0) is 29.3 Å². The van der Waals surface area contributed by atoms with Crippen LogP contribution in [0.5, 0.6) is 0 Å². The molecule has 0 saturated carbocycles. The molecule has 1 aromatic heterocycles. The van der Waals surface area contributed by atoms with Gasteiger partial charge < -0.3 is 5.73 Å². The quantitative estimate of drug-likeness (QED) is 0.560. The first-order valence-electron chi connectivity index (χ1n) is 7.81. The second kappa shape index (κ2) is 7.42. The van der Waals surface area contributed by atoms with Crippen molar-refractivity contribution in [3.63, 3.8) is 0 Å². The van der Waals surface area contributed by atoms with Gasteiger partial charge in [0.15, 0.2) is 5.78 Å². The molecule has 3 rings (SSSR count). The molecule has 24 heavy (non-hydrogen) atoms. The molecule has 0 fully saturated rings. The Morgan fingerprint density at radius 2 is 1.83 bits per heavy atom. The van der Waals surface area contributed by atoms with Crippen LogP contribution in [-0.2, 0) is 17.8 Å². The standard InChI is InChI=1S/C20H19N3O/c21-20-9-5-4-8-18(20)12-19(24)11-10-17-13-22-23(15-17)14-16-6-2-1-3-7-16/h1-11,13,15H,12,14,21H2/b11-10+. The zero-order valence-electron chi connectivity index (χ0n) is 13.3. The van der Waals surface area contributed by atoms with Gasteiger partial charge in [-0.3, -0.25) is 9.48 Å². The summed E-state index contributed by atoms with van der Waals surface area (Å²) in [6.07, 6.45) is 7.35. The molecule has 0 spiro atoms. The van der Waals surface area contributed by atoms with Crippen molar-refractivity contribution in [2.24, 2.45) is 0 Å². The molecule has 0 saturated heterocycles. The van der Waals surface area contributed by atoms with Crippen molar-refractivity contribution >= 4 is 17.5 Å². The van der Waals surface area contributed by atoms with Crippen LogP contribution in [0.25, 0.3) is 6.08 Å². The maximum Gasteiger partial charge on any atom is 0.160 e. The van der Waals surface area contributed by atoms with E-state index in [1.807, 2.05) is 47.3 Å². The Bertz CT molecular complexity index is 850. The topological polar surface area (TPSA) is 60.9 Å². The van der Waals surface area contributed by atoms with E-state index in [2.05, 4.69) is 17.2 Å². The minimum absolute atomic E-state index is 0.0173. The number of nitrogens with two attached hydrogens (primary N) is 1. The van der Waals surface area contributed by atoms with Crippen molar-refractivity contribution in [2.45, 2.75) is 13.0 Å². The number of aromatic nitrogens is 2. The van der Waals surface area contributed by atoms with Crippen LogP contribution in [0.4, 0.5) is 5.69 Å². The maximum atomic E-state index is 12.1. The maximum absolute atomic E-state index is 12.1. The summed E-state index contributed by atoms with van der Waals surface area (Å²) in [5.41, 5.74) is 9.45. The Labute approximate surface area is 141 Å². The van der Waals surface area contributed by atoms with E-state index in [1.54, 1.807) is 24.4 Å². The smallest absolute Gasteiger partial charge is 0.160 e. The molecule has 2 N–H and O–H groups in total. The lowest BCUT2D eigenvalue weighted by molar-refractivity contribution is -0.113. The molecule has 4 nitrogen and oxygen atoms in total. The highest BCUT2D eigenvalue weighted by Gasteiger charge is 2.03. The molecule has 0 unspecified atom stereocenters. The number of carbonyl (C=O) groups is 1. The molecule has 0 radical (unpaired) electrons. The number of allylic oxidation sites excluding steroid dienone is 1. The number of para-hydroxylation sites is 1. The van der Waals surface area contributed by atoms with Gasteiger partial charge in [0.05, 0.1) is 12.7 Å². The van der Waals surface area contributed by atoms with Gasteiger partial charge in [0.25, 0.3) is 0 Å². The lowest BCUT2D eigenvalue weighted by Gasteiger charge is -2.01. The van der Waals surface area contributed by atoms with Crippen LogP contribution in [0.2, 0.25) is 0 Å². The molecule has 0 amide bonds. The first kappa shape index (κ1) is 15.7. The SMILES string of the molecule is Nc1ccccc1CC(=O)/C=C/c1cnn(Cc2ccccc2)c1. The van der Waals surface area contributed by atoms with Crippen LogP contribution in [0.15, 0.2) is 73.1 Å². The van der Waals surface area contributed by atoms with Gasteiger partial charge in [-0.25, -0.2) is 0 Å². The van der Waals surface area contributed by atoms with E-state index in [0.29, 0.717) is 18.7 Å². The fourth-order valence-electron chi connectivity index (χ4n) is 2.45. The normalized spacial score (nSPS) is 11.0. The number of hydrogen-bond acceptors (Lipinski definition) is 3. The van der Waals surface area contributed by atoms with Crippen LogP contribution in [-0.4, -0.2) is 15.6 Å². The highest BCUT2D eigenvalue weighted by atomic mass is 16.1. The summed E-state index contributed by atoms with van der Waals surface area (Å²) >= 11 is 0. The van der Waals surface area contributed by atoms with Gasteiger partial charge in [0, 0.05) is 23.9 Å². The average Bonchev–Trinajstić information content (AvgIpc) is 3.03. The molecule has 0 atom stereocenters. The van der Waals surface area contributed by atoms with Crippen LogP contribution >= 0.6 is 0 Å². The second-order valence-corrected chi connectivity index (χ2v) is 5.63. The number of carbonyl (C=O) groups excluding carboxylic acids is 1. The molecule has 4 heteroatoms. The Balaban J connectivity index is 1.61. The molecule has 0 aliphatic rings. The molecule has 3 aromatic rings. The van der Waals surface area contributed by atoms with Crippen LogP contribution < -0.4 is 5.73 Å². The van der Waals surface area contributed by atoms with E-state index in [0.717, 1.165) is 11.1 Å². The minimum Gasteiger partial charge on any atom is -0.398 e. The van der Waals surface area contributed by atoms with Crippen molar-refractivity contribution in [3.8, 4) is 0 Å². The molecule has 0 aliphatic carbocycles. The third kappa shape index (κ3) is 4.20. The molecule has 0 aliphatic heterocycles. The lowest BCUT2D eigenvalue weighted by Crippen LogP contribution is -2.01. The molecular weight excluding hydrogens is 298 g/mol. The predicted octanol–water partition coefficient (Wildman–Crippen LogP) is 3.34. The van der Waals surface area contributed by atoms with Gasteiger partial charge in [-0.2, -0.15) is 5.10 Å². The Morgan fingerprint density at radius 1 is 1.08 bits per heavy atom. The van der Waals surface area contributed by atoms with E-state index in [4.69, 9.17) is 5.73 Å². The highest BCUT2D eigenvalue weighted by molar-refractivity contribution is 5.95. The first-order valence-corrected chi connectivity index (χ1v) is 7.81. The van der Waals surface area contributed by atoms with Gasteiger partial charge in [-0.1, -0.05) is 48.5 Å². The number of hydrogen-bond donors (Lipinski definition) is 1. The fourth-order valence-corrected chi connectivity index (χ4v) is 2.45. The summed E-state index contributed by atoms with van der Waals surface area (Å²) in [6, 6.07) is 17.6. The van der Waals surface area contributed by atoms with E-state index in [-0.39, 0.29) is 5.78 Å². The molecular formula is C20H19N3O. The van der Waals surface area contributed by atoms with Gasteiger partial charge in [0.1, 0.15) is 0 Å². The highest BCUT2D eigenvalue weighted by Crippen LogP contribution is 2.12. The monoisotopic (exact) mass is 317 g/mol. The van der Waals surface area contributed by atoms with E-state index in [9.17, 15) is 4.79 Å². The minimum atomic E-state index is 0.0173. The Kier molecular flexibility index (Phi) is 4.87. The van der Waals surface area contributed by atoms with Gasteiger partial charge in [0.2, 0.25) is 0 Å². The predicted molar refractivity (Wildman–Crippen MR) is 96.4 cm³/mol. The third-order valence-corrected chi connectivity index (χ3v) is 3.72. The zero-order valence-corrected chi connectivity index (χ0v) is 13.3. The Hall–Kier alpha value is -3.14. The summed E-state index contributed by atoms with van der Waals surface area (Å²) in [7, 11) is 0. The second-order valence-electron chi connectivity index (χ2n) is 5.63. The summed E-state index contributed by atoms with van der Waals surface area (Å²) < 4.78 is 1.86. The van der Waals surface area contributed by atoms with Crippen molar-refractivity contribution in [2.75, 3.05) is 5.73 Å². The van der Waals surface area contributed by atoms with E-state index >= 15 is 0 Å². The molecule has 2 aromatic carbocycles. The summed E-state index contributed by atoms with van der Waals surface area (Å²) in [6.45, 7) is 0.711. The molecule has 0 bridgehead atoms.